The molecule has 0 aliphatic carbocycles. The van der Waals surface area contributed by atoms with Crippen LogP contribution in [0.1, 0.15) is 4.88 Å². The van der Waals surface area contributed by atoms with Gasteiger partial charge in [-0.25, -0.2) is 9.67 Å². The predicted octanol–water partition coefficient (Wildman–Crippen LogP) is 2.94. The maximum Gasteiger partial charge on any atom is 0.176 e. The average molecular weight is 256 g/mol. The first kappa shape index (κ1) is 11.0. The molecule has 0 aliphatic heterocycles. The summed E-state index contributed by atoms with van der Waals surface area (Å²) in [5.41, 5.74) is 0.981. The molecule has 0 radical (unpaired) electrons. The Morgan fingerprint density at radius 2 is 2.17 bits per heavy atom. The fourth-order valence-electron chi connectivity index (χ4n) is 1.71. The third-order valence-electron chi connectivity index (χ3n) is 2.54. The van der Waals surface area contributed by atoms with Crippen molar-refractivity contribution in [3.8, 4) is 5.82 Å². The Bertz CT molecular complexity index is 602. The van der Waals surface area contributed by atoms with Gasteiger partial charge in [-0.1, -0.05) is 6.07 Å². The molecule has 3 rings (SSSR count). The van der Waals surface area contributed by atoms with Crippen molar-refractivity contribution in [2.75, 3.05) is 5.32 Å². The number of hydrogen-bond acceptors (Lipinski definition) is 4. The second-order valence-corrected chi connectivity index (χ2v) is 4.79. The van der Waals surface area contributed by atoms with Crippen molar-refractivity contribution in [2.24, 2.45) is 0 Å². The van der Waals surface area contributed by atoms with Crippen LogP contribution in [0.4, 0.5) is 5.69 Å². The van der Waals surface area contributed by atoms with E-state index >= 15 is 0 Å². The van der Waals surface area contributed by atoms with Gasteiger partial charge in [0.05, 0.1) is 5.69 Å². The fourth-order valence-corrected chi connectivity index (χ4v) is 2.35. The third kappa shape index (κ3) is 2.26. The number of thiophene rings is 1. The third-order valence-corrected chi connectivity index (χ3v) is 3.42. The van der Waals surface area contributed by atoms with Gasteiger partial charge in [-0.05, 0) is 29.6 Å². The van der Waals surface area contributed by atoms with Crippen molar-refractivity contribution in [1.82, 2.24) is 14.8 Å². The smallest absolute Gasteiger partial charge is 0.176 e. The van der Waals surface area contributed by atoms with E-state index in [0.717, 1.165) is 18.1 Å². The van der Waals surface area contributed by atoms with Crippen LogP contribution in [-0.4, -0.2) is 14.8 Å². The highest BCUT2D eigenvalue weighted by Crippen LogP contribution is 2.18. The van der Waals surface area contributed by atoms with Crippen LogP contribution in [0.15, 0.2) is 54.3 Å². The highest BCUT2D eigenvalue weighted by atomic mass is 32.1. The Labute approximate surface area is 109 Å². The molecule has 3 heterocycles. The maximum atomic E-state index is 4.36. The van der Waals surface area contributed by atoms with Crippen molar-refractivity contribution >= 4 is 17.0 Å². The molecule has 90 valence electrons. The van der Waals surface area contributed by atoms with E-state index in [1.807, 2.05) is 24.4 Å². The van der Waals surface area contributed by atoms with Crippen LogP contribution in [0.5, 0.6) is 0 Å². The van der Waals surface area contributed by atoms with Crippen LogP contribution in [0.25, 0.3) is 5.82 Å². The Hall–Kier alpha value is -2.14. The van der Waals surface area contributed by atoms with Gasteiger partial charge in [0.25, 0.3) is 0 Å². The number of hydrogen-bond donors (Lipinski definition) is 1. The molecular weight excluding hydrogens is 244 g/mol. The summed E-state index contributed by atoms with van der Waals surface area (Å²) >= 11 is 1.74. The largest absolute Gasteiger partial charge is 0.377 e. The zero-order valence-corrected chi connectivity index (χ0v) is 10.5. The van der Waals surface area contributed by atoms with Crippen LogP contribution in [-0.2, 0) is 6.54 Å². The number of nitrogens with zero attached hydrogens (tertiary/aromatic N) is 3. The van der Waals surface area contributed by atoms with Gasteiger partial charge in [0.2, 0.25) is 0 Å². The number of anilines is 1. The van der Waals surface area contributed by atoms with E-state index in [9.17, 15) is 0 Å². The molecule has 0 unspecified atom stereocenters. The number of pyridine rings is 1. The lowest BCUT2D eigenvalue weighted by molar-refractivity contribution is 0.846. The summed E-state index contributed by atoms with van der Waals surface area (Å²) in [5.74, 6) is 0.819. The van der Waals surface area contributed by atoms with E-state index in [4.69, 9.17) is 0 Å². The zero-order chi connectivity index (χ0) is 12.2. The van der Waals surface area contributed by atoms with Gasteiger partial charge in [0, 0.05) is 30.0 Å². The van der Waals surface area contributed by atoms with Crippen molar-refractivity contribution in [2.45, 2.75) is 6.54 Å². The van der Waals surface area contributed by atoms with Crippen molar-refractivity contribution < 1.29 is 0 Å². The normalized spacial score (nSPS) is 10.4. The Morgan fingerprint density at radius 3 is 2.94 bits per heavy atom. The van der Waals surface area contributed by atoms with Gasteiger partial charge in [0.1, 0.15) is 0 Å². The fraction of sp³-hybridized carbons (Fsp3) is 0.0769. The predicted molar refractivity (Wildman–Crippen MR) is 73.0 cm³/mol. The first-order chi connectivity index (χ1) is 8.93. The summed E-state index contributed by atoms with van der Waals surface area (Å²) in [6.07, 6.45) is 5.41. The van der Waals surface area contributed by atoms with E-state index in [1.165, 1.54) is 4.88 Å². The topological polar surface area (TPSA) is 42.7 Å². The van der Waals surface area contributed by atoms with Crippen LogP contribution < -0.4 is 5.32 Å². The molecule has 4 nitrogen and oxygen atoms in total. The van der Waals surface area contributed by atoms with Gasteiger partial charge >= 0.3 is 0 Å². The standard InChI is InChI=1S/C13H12N4S/c1-5-12(15-10-11-4-2-9-18-11)13(14-6-1)17-8-3-7-16-17/h1-9,15H,10H2. The molecule has 0 aliphatic rings. The quantitative estimate of drug-likeness (QED) is 0.780. The molecule has 1 N–H and O–H groups in total. The molecule has 0 saturated heterocycles. The minimum Gasteiger partial charge on any atom is -0.377 e. The second-order valence-electron chi connectivity index (χ2n) is 3.76. The molecule has 3 aromatic heterocycles. The highest BCUT2D eigenvalue weighted by molar-refractivity contribution is 7.09. The van der Waals surface area contributed by atoms with Crippen molar-refractivity contribution in [3.05, 3.63) is 59.2 Å². The second kappa shape index (κ2) is 5.01. The van der Waals surface area contributed by atoms with Gasteiger partial charge < -0.3 is 5.32 Å². The Kier molecular flexibility index (Phi) is 3.06. The van der Waals surface area contributed by atoms with Crippen LogP contribution >= 0.6 is 11.3 Å². The minimum atomic E-state index is 0.803. The molecule has 0 aromatic carbocycles. The SMILES string of the molecule is c1csc(CNc2cccnc2-n2cccn2)c1. The molecule has 0 bridgehead atoms. The van der Waals surface area contributed by atoms with E-state index in [-0.39, 0.29) is 0 Å². The summed E-state index contributed by atoms with van der Waals surface area (Å²) in [4.78, 5) is 5.66. The van der Waals surface area contributed by atoms with Gasteiger partial charge in [-0.15, -0.1) is 11.3 Å². The van der Waals surface area contributed by atoms with E-state index in [2.05, 4.69) is 32.9 Å². The summed E-state index contributed by atoms with van der Waals surface area (Å²) in [6.45, 7) is 0.803. The Balaban J connectivity index is 1.84. The summed E-state index contributed by atoms with van der Waals surface area (Å²) in [6, 6.07) is 9.99. The van der Waals surface area contributed by atoms with Gasteiger partial charge in [-0.2, -0.15) is 5.10 Å². The molecule has 18 heavy (non-hydrogen) atoms. The van der Waals surface area contributed by atoms with Crippen LogP contribution in [0.3, 0.4) is 0 Å². The van der Waals surface area contributed by atoms with Crippen LogP contribution in [0, 0.1) is 0 Å². The summed E-state index contributed by atoms with van der Waals surface area (Å²) < 4.78 is 1.76. The lowest BCUT2D eigenvalue weighted by Gasteiger charge is -2.09. The average Bonchev–Trinajstić information content (AvgIpc) is 3.10. The van der Waals surface area contributed by atoms with Gasteiger partial charge in [0.15, 0.2) is 5.82 Å². The van der Waals surface area contributed by atoms with E-state index in [0.29, 0.717) is 0 Å². The Morgan fingerprint density at radius 1 is 1.17 bits per heavy atom. The number of rotatable bonds is 4. The van der Waals surface area contributed by atoms with E-state index in [1.54, 1.807) is 28.4 Å². The molecule has 0 spiro atoms. The molecule has 0 fully saturated rings. The van der Waals surface area contributed by atoms with Crippen molar-refractivity contribution in [1.29, 1.82) is 0 Å². The molecule has 3 aromatic rings. The molecular formula is C13H12N4S. The van der Waals surface area contributed by atoms with E-state index < -0.39 is 0 Å². The van der Waals surface area contributed by atoms with Crippen molar-refractivity contribution in [3.63, 3.8) is 0 Å². The summed E-state index contributed by atoms with van der Waals surface area (Å²) in [5, 5.41) is 9.68. The first-order valence-electron chi connectivity index (χ1n) is 5.65. The highest BCUT2D eigenvalue weighted by Gasteiger charge is 2.05. The van der Waals surface area contributed by atoms with Crippen LogP contribution in [0.2, 0.25) is 0 Å². The lowest BCUT2D eigenvalue weighted by atomic mass is 10.3. The maximum absolute atomic E-state index is 4.36. The lowest BCUT2D eigenvalue weighted by Crippen LogP contribution is -2.05. The van der Waals surface area contributed by atoms with Gasteiger partial charge in [-0.3, -0.25) is 0 Å². The number of aromatic nitrogens is 3. The minimum absolute atomic E-state index is 0.803. The number of nitrogens with one attached hydrogen (secondary N) is 1. The monoisotopic (exact) mass is 256 g/mol. The zero-order valence-electron chi connectivity index (χ0n) is 9.65. The first-order valence-corrected chi connectivity index (χ1v) is 6.53. The molecule has 5 heteroatoms. The molecule has 0 amide bonds. The summed E-state index contributed by atoms with van der Waals surface area (Å²) in [7, 11) is 0. The molecule has 0 atom stereocenters. The molecule has 0 saturated carbocycles.